The van der Waals surface area contributed by atoms with E-state index in [-0.39, 0.29) is 10.9 Å². The van der Waals surface area contributed by atoms with Crippen LogP contribution in [0.5, 0.6) is 5.75 Å². The van der Waals surface area contributed by atoms with E-state index in [4.69, 9.17) is 0 Å². The third-order valence-electron chi connectivity index (χ3n) is 2.44. The van der Waals surface area contributed by atoms with E-state index in [2.05, 4.69) is 24.1 Å². The maximum absolute atomic E-state index is 9.35. The average molecular weight is 255 g/mol. The maximum atomic E-state index is 9.35. The molecular weight excluding hydrogens is 240 g/mol. The zero-order chi connectivity index (χ0) is 12.8. The number of hydrogen-bond donors (Lipinski definition) is 1. The molecule has 0 heterocycles. The van der Waals surface area contributed by atoms with Gasteiger partial charge in [-0.15, -0.1) is 0 Å². The standard InChI is InChI=1S/C16H14OS/c1-2-3-13-18(15-7-5-4-6-8-15)16-11-9-14(17)10-12-16/h2-13H,1H2/p+1/b13-3+. The van der Waals surface area contributed by atoms with E-state index in [1.807, 2.05) is 36.4 Å². The number of phenols is 1. The molecule has 2 heteroatoms. The minimum atomic E-state index is -0.122. The third kappa shape index (κ3) is 3.05. The summed E-state index contributed by atoms with van der Waals surface area (Å²) < 4.78 is 0. The smallest absolute Gasteiger partial charge is 0.166 e. The van der Waals surface area contributed by atoms with Gasteiger partial charge in [0.15, 0.2) is 9.79 Å². The van der Waals surface area contributed by atoms with Gasteiger partial charge in [-0.3, -0.25) is 0 Å². The Morgan fingerprint density at radius 3 is 2.11 bits per heavy atom. The minimum absolute atomic E-state index is 0.122. The highest BCUT2D eigenvalue weighted by molar-refractivity contribution is 7.99. The monoisotopic (exact) mass is 255 g/mol. The molecule has 0 saturated carbocycles. The van der Waals surface area contributed by atoms with E-state index < -0.39 is 0 Å². The highest BCUT2D eigenvalue weighted by Crippen LogP contribution is 2.26. The van der Waals surface area contributed by atoms with E-state index in [1.165, 1.54) is 9.79 Å². The second kappa shape index (κ2) is 6.12. The van der Waals surface area contributed by atoms with E-state index >= 15 is 0 Å². The molecule has 0 spiro atoms. The van der Waals surface area contributed by atoms with Crippen molar-refractivity contribution in [3.05, 3.63) is 78.7 Å². The first kappa shape index (κ1) is 12.5. The second-order valence-corrected chi connectivity index (χ2v) is 5.60. The van der Waals surface area contributed by atoms with Gasteiger partial charge < -0.3 is 5.11 Å². The molecule has 18 heavy (non-hydrogen) atoms. The van der Waals surface area contributed by atoms with Gasteiger partial charge in [0.25, 0.3) is 0 Å². The Hall–Kier alpha value is -1.93. The fourth-order valence-electron chi connectivity index (χ4n) is 1.59. The molecule has 0 bridgehead atoms. The van der Waals surface area contributed by atoms with Crippen LogP contribution < -0.4 is 0 Å². The summed E-state index contributed by atoms with van der Waals surface area (Å²) in [7, 11) is -0.122. The van der Waals surface area contributed by atoms with Crippen LogP contribution in [0.15, 0.2) is 88.5 Å². The largest absolute Gasteiger partial charge is 0.508 e. The lowest BCUT2D eigenvalue weighted by molar-refractivity contribution is 0.475. The summed E-state index contributed by atoms with van der Waals surface area (Å²) in [6.07, 6.45) is 3.74. The highest BCUT2D eigenvalue weighted by atomic mass is 32.2. The first-order valence-corrected chi connectivity index (χ1v) is 6.96. The van der Waals surface area contributed by atoms with E-state index in [9.17, 15) is 5.11 Å². The molecule has 2 aromatic rings. The van der Waals surface area contributed by atoms with Gasteiger partial charge in [-0.25, -0.2) is 0 Å². The number of phenolic OH excluding ortho intramolecular Hbond substituents is 1. The van der Waals surface area contributed by atoms with Crippen molar-refractivity contribution in [2.75, 3.05) is 0 Å². The molecule has 1 atom stereocenters. The topological polar surface area (TPSA) is 20.2 Å². The summed E-state index contributed by atoms with van der Waals surface area (Å²) in [5, 5.41) is 11.5. The molecular formula is C16H15OS+. The fraction of sp³-hybridized carbons (Fsp3) is 0. The number of aromatic hydroxyl groups is 1. The van der Waals surface area contributed by atoms with Crippen molar-refractivity contribution < 1.29 is 5.11 Å². The zero-order valence-corrected chi connectivity index (χ0v) is 10.8. The Morgan fingerprint density at radius 2 is 1.50 bits per heavy atom. The number of benzene rings is 2. The molecule has 1 N–H and O–H groups in total. The molecule has 90 valence electrons. The summed E-state index contributed by atoms with van der Waals surface area (Å²) in [6, 6.07) is 17.7. The summed E-state index contributed by atoms with van der Waals surface area (Å²) in [4.78, 5) is 2.43. The molecule has 1 nitrogen and oxygen atoms in total. The van der Waals surface area contributed by atoms with Gasteiger partial charge in [-0.2, -0.15) is 0 Å². The first-order chi connectivity index (χ1) is 8.81. The van der Waals surface area contributed by atoms with Gasteiger partial charge >= 0.3 is 0 Å². The van der Waals surface area contributed by atoms with Crippen LogP contribution in [0.3, 0.4) is 0 Å². The lowest BCUT2D eigenvalue weighted by atomic mass is 10.3. The Labute approximate surface area is 110 Å². The number of rotatable bonds is 4. The molecule has 0 aliphatic carbocycles. The average Bonchev–Trinajstić information content (AvgIpc) is 2.42. The third-order valence-corrected chi connectivity index (χ3v) is 4.43. The van der Waals surface area contributed by atoms with Crippen molar-refractivity contribution in [2.24, 2.45) is 0 Å². The molecule has 0 aliphatic heterocycles. The highest BCUT2D eigenvalue weighted by Gasteiger charge is 2.21. The fourth-order valence-corrected chi connectivity index (χ4v) is 3.32. The molecule has 2 aromatic carbocycles. The molecule has 2 rings (SSSR count). The van der Waals surface area contributed by atoms with E-state index in [0.717, 1.165) is 0 Å². The Bertz CT molecular complexity index is 529. The normalized spacial score (nSPS) is 12.4. The van der Waals surface area contributed by atoms with Crippen LogP contribution in [-0.2, 0) is 10.9 Å². The lowest BCUT2D eigenvalue weighted by Crippen LogP contribution is -1.99. The molecule has 0 saturated heterocycles. The minimum Gasteiger partial charge on any atom is -0.508 e. The SMILES string of the molecule is C=C/C=C/[S+](c1ccccc1)c1ccc(O)cc1. The quantitative estimate of drug-likeness (QED) is 0.643. The summed E-state index contributed by atoms with van der Waals surface area (Å²) >= 11 is 0. The molecule has 0 fully saturated rings. The van der Waals surface area contributed by atoms with Crippen molar-refractivity contribution in [2.45, 2.75) is 9.79 Å². The summed E-state index contributed by atoms with van der Waals surface area (Å²) in [5.74, 6) is 0.295. The van der Waals surface area contributed by atoms with Crippen LogP contribution in [0.2, 0.25) is 0 Å². The van der Waals surface area contributed by atoms with Gasteiger partial charge in [-0.05, 0) is 42.5 Å². The Morgan fingerprint density at radius 1 is 0.889 bits per heavy atom. The number of allylic oxidation sites excluding steroid dienone is 2. The number of hydrogen-bond acceptors (Lipinski definition) is 1. The van der Waals surface area contributed by atoms with E-state index in [0.29, 0.717) is 5.75 Å². The van der Waals surface area contributed by atoms with Crippen molar-refractivity contribution >= 4 is 10.9 Å². The predicted molar refractivity (Wildman–Crippen MR) is 77.8 cm³/mol. The van der Waals surface area contributed by atoms with Gasteiger partial charge in [0.1, 0.15) is 11.2 Å². The van der Waals surface area contributed by atoms with Crippen LogP contribution >= 0.6 is 0 Å². The summed E-state index contributed by atoms with van der Waals surface area (Å²) in [6.45, 7) is 3.71. The van der Waals surface area contributed by atoms with Crippen LogP contribution in [0.1, 0.15) is 0 Å². The zero-order valence-electron chi connectivity index (χ0n) is 9.99. The van der Waals surface area contributed by atoms with Crippen LogP contribution in [0.25, 0.3) is 0 Å². The molecule has 0 radical (unpaired) electrons. The van der Waals surface area contributed by atoms with Crippen molar-refractivity contribution in [3.63, 3.8) is 0 Å². The second-order valence-electron chi connectivity index (χ2n) is 3.71. The Kier molecular flexibility index (Phi) is 4.26. The van der Waals surface area contributed by atoms with Gasteiger partial charge in [0.2, 0.25) is 0 Å². The molecule has 0 amide bonds. The Balaban J connectivity index is 2.39. The maximum Gasteiger partial charge on any atom is 0.166 e. The summed E-state index contributed by atoms with van der Waals surface area (Å²) in [5.41, 5.74) is 0. The van der Waals surface area contributed by atoms with Crippen LogP contribution in [0, 0.1) is 0 Å². The molecule has 1 unspecified atom stereocenters. The molecule has 0 aromatic heterocycles. The van der Waals surface area contributed by atoms with E-state index in [1.54, 1.807) is 18.2 Å². The van der Waals surface area contributed by atoms with Gasteiger partial charge in [0, 0.05) is 0 Å². The van der Waals surface area contributed by atoms with Crippen LogP contribution in [0.4, 0.5) is 0 Å². The van der Waals surface area contributed by atoms with Crippen LogP contribution in [-0.4, -0.2) is 5.11 Å². The molecule has 0 aliphatic rings. The predicted octanol–water partition coefficient (Wildman–Crippen LogP) is 4.13. The first-order valence-electron chi connectivity index (χ1n) is 5.67. The van der Waals surface area contributed by atoms with Crippen molar-refractivity contribution in [1.82, 2.24) is 0 Å². The van der Waals surface area contributed by atoms with Crippen molar-refractivity contribution in [3.8, 4) is 5.75 Å². The van der Waals surface area contributed by atoms with Gasteiger partial charge in [0.05, 0.1) is 10.9 Å². The lowest BCUT2D eigenvalue weighted by Gasteiger charge is -2.02. The van der Waals surface area contributed by atoms with Crippen molar-refractivity contribution in [1.29, 1.82) is 0 Å². The van der Waals surface area contributed by atoms with Gasteiger partial charge in [-0.1, -0.05) is 30.9 Å².